The van der Waals surface area contributed by atoms with Gasteiger partial charge in [0.25, 0.3) is 0 Å². The molecule has 0 heterocycles. The van der Waals surface area contributed by atoms with Crippen LogP contribution in [0.25, 0.3) is 0 Å². The standard InChI is InChI=1S/C17H26N2O/c1-3-4-11-18-17(20)19-13(2)15-10-9-14-7-5-6-8-16(14)12-15/h9-10,12-13H,3-8,11H2,1-2H3,(H2,18,19,20). The van der Waals surface area contributed by atoms with Gasteiger partial charge in [-0.2, -0.15) is 0 Å². The molecule has 2 rings (SSSR count). The molecule has 1 aliphatic carbocycles. The molecule has 110 valence electrons. The molecule has 1 aromatic carbocycles. The molecule has 0 aromatic heterocycles. The monoisotopic (exact) mass is 274 g/mol. The first-order valence-corrected chi connectivity index (χ1v) is 7.86. The lowest BCUT2D eigenvalue weighted by Gasteiger charge is -2.20. The maximum Gasteiger partial charge on any atom is 0.315 e. The Morgan fingerprint density at radius 2 is 2.00 bits per heavy atom. The number of unbranched alkanes of at least 4 members (excludes halogenated alkanes) is 1. The number of benzene rings is 1. The minimum Gasteiger partial charge on any atom is -0.338 e. The molecule has 3 nitrogen and oxygen atoms in total. The van der Waals surface area contributed by atoms with Crippen LogP contribution in [0.5, 0.6) is 0 Å². The first-order chi connectivity index (χ1) is 9.70. The molecule has 1 atom stereocenters. The summed E-state index contributed by atoms with van der Waals surface area (Å²) >= 11 is 0. The van der Waals surface area contributed by atoms with Crippen molar-refractivity contribution in [1.82, 2.24) is 10.6 Å². The Bertz CT molecular complexity index is 456. The summed E-state index contributed by atoms with van der Waals surface area (Å²) in [5, 5.41) is 5.91. The molecule has 0 bridgehead atoms. The number of carbonyl (C=O) groups is 1. The van der Waals surface area contributed by atoms with Crippen LogP contribution in [0.1, 0.15) is 62.3 Å². The van der Waals surface area contributed by atoms with Crippen LogP contribution < -0.4 is 10.6 Å². The molecule has 0 saturated heterocycles. The number of urea groups is 1. The van der Waals surface area contributed by atoms with Crippen molar-refractivity contribution in [2.24, 2.45) is 0 Å². The second-order valence-corrected chi connectivity index (χ2v) is 5.71. The van der Waals surface area contributed by atoms with Gasteiger partial charge in [-0.25, -0.2) is 4.79 Å². The summed E-state index contributed by atoms with van der Waals surface area (Å²) in [4.78, 5) is 11.8. The van der Waals surface area contributed by atoms with Gasteiger partial charge < -0.3 is 10.6 Å². The Morgan fingerprint density at radius 1 is 1.25 bits per heavy atom. The van der Waals surface area contributed by atoms with E-state index in [9.17, 15) is 4.79 Å². The Hall–Kier alpha value is -1.51. The smallest absolute Gasteiger partial charge is 0.315 e. The van der Waals surface area contributed by atoms with Gasteiger partial charge in [-0.05, 0) is 55.7 Å². The van der Waals surface area contributed by atoms with Gasteiger partial charge in [0.1, 0.15) is 0 Å². The quantitative estimate of drug-likeness (QED) is 0.789. The third-order valence-corrected chi connectivity index (χ3v) is 4.04. The van der Waals surface area contributed by atoms with E-state index in [4.69, 9.17) is 0 Å². The predicted molar refractivity (Wildman–Crippen MR) is 82.9 cm³/mol. The second-order valence-electron chi connectivity index (χ2n) is 5.71. The molecule has 2 N–H and O–H groups in total. The fourth-order valence-electron chi connectivity index (χ4n) is 2.73. The Labute approximate surface area is 122 Å². The van der Waals surface area contributed by atoms with Crippen LogP contribution >= 0.6 is 0 Å². The fourth-order valence-corrected chi connectivity index (χ4v) is 2.73. The average molecular weight is 274 g/mol. The zero-order valence-corrected chi connectivity index (χ0v) is 12.7. The van der Waals surface area contributed by atoms with E-state index in [0.717, 1.165) is 19.4 Å². The summed E-state index contributed by atoms with van der Waals surface area (Å²) in [6, 6.07) is 6.65. The fraction of sp³-hybridized carbons (Fsp3) is 0.588. The molecule has 0 radical (unpaired) electrons. The van der Waals surface area contributed by atoms with Gasteiger partial charge in [-0.1, -0.05) is 31.5 Å². The minimum atomic E-state index is -0.0660. The summed E-state index contributed by atoms with van der Waals surface area (Å²) in [5.41, 5.74) is 4.16. The average Bonchev–Trinajstić information content (AvgIpc) is 2.47. The molecule has 0 spiro atoms. The van der Waals surface area contributed by atoms with E-state index in [1.165, 1.54) is 42.4 Å². The van der Waals surface area contributed by atoms with Gasteiger partial charge in [-0.3, -0.25) is 0 Å². The van der Waals surface area contributed by atoms with Gasteiger partial charge in [0.05, 0.1) is 6.04 Å². The highest BCUT2D eigenvalue weighted by atomic mass is 16.2. The number of aryl methyl sites for hydroxylation is 2. The molecule has 2 amide bonds. The largest absolute Gasteiger partial charge is 0.338 e. The van der Waals surface area contributed by atoms with Crippen molar-refractivity contribution in [3.8, 4) is 0 Å². The highest BCUT2D eigenvalue weighted by Gasteiger charge is 2.13. The number of amides is 2. The minimum absolute atomic E-state index is 0.0591. The normalized spacial score (nSPS) is 15.3. The van der Waals surface area contributed by atoms with E-state index in [-0.39, 0.29) is 12.1 Å². The number of carbonyl (C=O) groups excluding carboxylic acids is 1. The second kappa shape index (κ2) is 7.32. The van der Waals surface area contributed by atoms with Gasteiger partial charge >= 0.3 is 6.03 Å². The highest BCUT2D eigenvalue weighted by Crippen LogP contribution is 2.24. The van der Waals surface area contributed by atoms with E-state index in [2.05, 4.69) is 35.8 Å². The predicted octanol–water partition coefficient (Wildman–Crippen LogP) is 3.73. The van der Waals surface area contributed by atoms with Crippen molar-refractivity contribution in [2.75, 3.05) is 6.54 Å². The summed E-state index contributed by atoms with van der Waals surface area (Å²) in [6.45, 7) is 4.92. The van der Waals surface area contributed by atoms with Crippen LogP contribution in [0.3, 0.4) is 0 Å². The van der Waals surface area contributed by atoms with E-state index in [1.807, 2.05) is 6.92 Å². The maximum absolute atomic E-state index is 11.8. The molecule has 0 fully saturated rings. The molecule has 20 heavy (non-hydrogen) atoms. The lowest BCUT2D eigenvalue weighted by Crippen LogP contribution is -2.37. The first-order valence-electron chi connectivity index (χ1n) is 7.86. The van der Waals surface area contributed by atoms with Crippen molar-refractivity contribution < 1.29 is 4.79 Å². The van der Waals surface area contributed by atoms with Crippen LogP contribution in [-0.4, -0.2) is 12.6 Å². The highest BCUT2D eigenvalue weighted by molar-refractivity contribution is 5.74. The number of nitrogens with one attached hydrogen (secondary N) is 2. The Balaban J connectivity index is 1.91. The molecule has 1 unspecified atom stereocenters. The zero-order chi connectivity index (χ0) is 14.4. The van der Waals surface area contributed by atoms with Gasteiger partial charge in [-0.15, -0.1) is 0 Å². The lowest BCUT2D eigenvalue weighted by molar-refractivity contribution is 0.238. The van der Waals surface area contributed by atoms with Crippen LogP contribution in [0, 0.1) is 0 Å². The van der Waals surface area contributed by atoms with Crippen LogP contribution in [0.2, 0.25) is 0 Å². The summed E-state index contributed by atoms with van der Waals surface area (Å²) < 4.78 is 0. The topological polar surface area (TPSA) is 41.1 Å². The summed E-state index contributed by atoms with van der Waals surface area (Å²) in [7, 11) is 0. The number of rotatable bonds is 5. The van der Waals surface area contributed by atoms with Crippen molar-refractivity contribution in [1.29, 1.82) is 0 Å². The van der Waals surface area contributed by atoms with Crippen molar-refractivity contribution in [2.45, 2.75) is 58.4 Å². The molecule has 3 heteroatoms. The van der Waals surface area contributed by atoms with Crippen LogP contribution in [0.4, 0.5) is 4.79 Å². The lowest BCUT2D eigenvalue weighted by atomic mass is 9.89. The summed E-state index contributed by atoms with van der Waals surface area (Å²) in [6.07, 6.45) is 7.10. The van der Waals surface area contributed by atoms with Crippen molar-refractivity contribution in [3.05, 3.63) is 34.9 Å². The van der Waals surface area contributed by atoms with Gasteiger partial charge in [0.2, 0.25) is 0 Å². The Morgan fingerprint density at radius 3 is 2.75 bits per heavy atom. The van der Waals surface area contributed by atoms with Crippen LogP contribution in [-0.2, 0) is 12.8 Å². The third-order valence-electron chi connectivity index (χ3n) is 4.04. The molecule has 0 aliphatic heterocycles. The van der Waals surface area contributed by atoms with E-state index >= 15 is 0 Å². The molecule has 1 aliphatic rings. The summed E-state index contributed by atoms with van der Waals surface area (Å²) in [5.74, 6) is 0. The SMILES string of the molecule is CCCCNC(=O)NC(C)c1ccc2c(c1)CCCC2. The van der Waals surface area contributed by atoms with E-state index < -0.39 is 0 Å². The van der Waals surface area contributed by atoms with E-state index in [1.54, 1.807) is 0 Å². The zero-order valence-electron chi connectivity index (χ0n) is 12.7. The first kappa shape index (κ1) is 14.9. The van der Waals surface area contributed by atoms with Crippen LogP contribution in [0.15, 0.2) is 18.2 Å². The van der Waals surface area contributed by atoms with Gasteiger partial charge in [0.15, 0.2) is 0 Å². The molecule has 1 aromatic rings. The molecular formula is C17H26N2O. The maximum atomic E-state index is 11.8. The number of hydrogen-bond donors (Lipinski definition) is 2. The third kappa shape index (κ3) is 3.99. The number of hydrogen-bond acceptors (Lipinski definition) is 1. The van der Waals surface area contributed by atoms with Gasteiger partial charge in [0, 0.05) is 6.54 Å². The van der Waals surface area contributed by atoms with Crippen molar-refractivity contribution in [3.63, 3.8) is 0 Å². The Kier molecular flexibility index (Phi) is 5.45. The molecular weight excluding hydrogens is 248 g/mol. The number of fused-ring (bicyclic) bond motifs is 1. The van der Waals surface area contributed by atoms with Crippen molar-refractivity contribution >= 4 is 6.03 Å². The molecule has 0 saturated carbocycles. The van der Waals surface area contributed by atoms with E-state index in [0.29, 0.717) is 0 Å².